The van der Waals surface area contributed by atoms with Crippen molar-refractivity contribution in [3.8, 4) is 5.75 Å². The molecule has 1 unspecified atom stereocenters. The number of ether oxygens (including phenoxy) is 1. The third-order valence-corrected chi connectivity index (χ3v) is 1.92. The van der Waals surface area contributed by atoms with Gasteiger partial charge in [0.25, 0.3) is 0 Å². The summed E-state index contributed by atoms with van der Waals surface area (Å²) in [5.41, 5.74) is 3.80. The Bertz CT molecular complexity index is 407. The van der Waals surface area contributed by atoms with Gasteiger partial charge in [-0.3, -0.25) is 4.79 Å². The van der Waals surface area contributed by atoms with Gasteiger partial charge in [-0.2, -0.15) is 0 Å². The van der Waals surface area contributed by atoms with E-state index in [1.165, 1.54) is 13.0 Å². The lowest BCUT2D eigenvalue weighted by Crippen LogP contribution is -2.49. The van der Waals surface area contributed by atoms with Gasteiger partial charge in [0.2, 0.25) is 0 Å². The monoisotopic (exact) mass is 231 g/mol. The number of hydrogen-bond acceptors (Lipinski definition) is 3. The van der Waals surface area contributed by atoms with Crippen LogP contribution in [0.2, 0.25) is 0 Å². The third kappa shape index (κ3) is 2.90. The minimum atomic E-state index is -1.58. The molecule has 1 aromatic rings. The summed E-state index contributed by atoms with van der Waals surface area (Å²) in [6.07, 6.45) is 0. The van der Waals surface area contributed by atoms with Crippen LogP contribution in [-0.4, -0.2) is 23.2 Å². The van der Waals surface area contributed by atoms with E-state index in [4.69, 9.17) is 15.6 Å². The minimum Gasteiger partial charge on any atom is -0.491 e. The molecule has 0 aliphatic rings. The first kappa shape index (κ1) is 12.4. The normalized spacial score (nSPS) is 14.2. The molecule has 0 fully saturated rings. The third-order valence-electron chi connectivity index (χ3n) is 1.92. The highest BCUT2D eigenvalue weighted by Gasteiger charge is 2.28. The average Bonchev–Trinajstić information content (AvgIpc) is 2.20. The van der Waals surface area contributed by atoms with E-state index < -0.39 is 23.1 Å². The zero-order valence-corrected chi connectivity index (χ0v) is 8.54. The molecule has 4 nitrogen and oxygen atoms in total. The Hall–Kier alpha value is -1.69. The Kier molecular flexibility index (Phi) is 3.44. The van der Waals surface area contributed by atoms with Crippen LogP contribution in [0.5, 0.6) is 5.75 Å². The van der Waals surface area contributed by atoms with Gasteiger partial charge in [-0.25, -0.2) is 8.78 Å². The van der Waals surface area contributed by atoms with Crippen LogP contribution in [0.15, 0.2) is 18.2 Å². The molecule has 1 atom stereocenters. The van der Waals surface area contributed by atoms with E-state index in [-0.39, 0.29) is 12.4 Å². The fourth-order valence-electron chi connectivity index (χ4n) is 0.862. The number of benzene rings is 1. The molecule has 0 amide bonds. The highest BCUT2D eigenvalue weighted by atomic mass is 19.2. The Morgan fingerprint density at radius 2 is 2.12 bits per heavy atom. The van der Waals surface area contributed by atoms with Crippen molar-refractivity contribution in [2.24, 2.45) is 5.73 Å². The number of halogens is 2. The lowest BCUT2D eigenvalue weighted by Gasteiger charge is -2.19. The van der Waals surface area contributed by atoms with Crippen molar-refractivity contribution < 1.29 is 23.4 Å². The van der Waals surface area contributed by atoms with Crippen LogP contribution in [0.25, 0.3) is 0 Å². The standard InChI is InChI=1S/C10H11F2NO3/c1-10(13,9(14)15)5-16-6-2-3-7(11)8(12)4-6/h2-4H,5,13H2,1H3,(H,14,15). The van der Waals surface area contributed by atoms with Crippen molar-refractivity contribution in [2.45, 2.75) is 12.5 Å². The van der Waals surface area contributed by atoms with Crippen LogP contribution in [0.4, 0.5) is 8.78 Å². The topological polar surface area (TPSA) is 72.5 Å². The molecule has 1 rings (SSSR count). The molecular formula is C10H11F2NO3. The molecule has 6 heteroatoms. The summed E-state index contributed by atoms with van der Waals surface area (Å²) < 4.78 is 30.3. The first-order valence-corrected chi connectivity index (χ1v) is 4.43. The maximum atomic E-state index is 12.8. The van der Waals surface area contributed by atoms with Crippen LogP contribution >= 0.6 is 0 Å². The quantitative estimate of drug-likeness (QED) is 0.815. The number of hydrogen-bond donors (Lipinski definition) is 2. The molecule has 16 heavy (non-hydrogen) atoms. The van der Waals surface area contributed by atoms with Crippen LogP contribution in [-0.2, 0) is 4.79 Å². The summed E-state index contributed by atoms with van der Waals surface area (Å²) in [6, 6.07) is 2.91. The maximum absolute atomic E-state index is 12.8. The Morgan fingerprint density at radius 3 is 2.62 bits per heavy atom. The number of nitrogens with two attached hydrogens (primary N) is 1. The van der Waals surface area contributed by atoms with Crippen LogP contribution in [0.1, 0.15) is 6.92 Å². The SMILES string of the molecule is CC(N)(COc1ccc(F)c(F)c1)C(=O)O. The summed E-state index contributed by atoms with van der Waals surface area (Å²) in [7, 11) is 0. The summed E-state index contributed by atoms with van der Waals surface area (Å²) >= 11 is 0. The molecule has 88 valence electrons. The highest BCUT2D eigenvalue weighted by molar-refractivity contribution is 5.78. The molecule has 0 spiro atoms. The second-order valence-corrected chi connectivity index (χ2v) is 3.59. The lowest BCUT2D eigenvalue weighted by molar-refractivity contribution is -0.143. The fourth-order valence-corrected chi connectivity index (χ4v) is 0.862. The second kappa shape index (κ2) is 4.44. The van der Waals surface area contributed by atoms with E-state index in [1.54, 1.807) is 0 Å². The van der Waals surface area contributed by atoms with Gasteiger partial charge in [0.05, 0.1) is 0 Å². The molecule has 0 aromatic heterocycles. The second-order valence-electron chi connectivity index (χ2n) is 3.59. The average molecular weight is 231 g/mol. The number of carboxylic acids is 1. The van der Waals surface area contributed by atoms with E-state index >= 15 is 0 Å². The maximum Gasteiger partial charge on any atom is 0.326 e. The molecule has 0 aliphatic carbocycles. The molecule has 0 heterocycles. The molecule has 1 aromatic carbocycles. The van der Waals surface area contributed by atoms with Crippen molar-refractivity contribution in [3.63, 3.8) is 0 Å². The summed E-state index contributed by atoms with van der Waals surface area (Å²) in [4.78, 5) is 10.6. The van der Waals surface area contributed by atoms with Gasteiger partial charge < -0.3 is 15.6 Å². The van der Waals surface area contributed by atoms with Gasteiger partial charge >= 0.3 is 5.97 Å². The van der Waals surface area contributed by atoms with Gasteiger partial charge in [0, 0.05) is 6.07 Å². The number of carboxylic acid groups (broad SMARTS) is 1. The molecule has 3 N–H and O–H groups in total. The van der Waals surface area contributed by atoms with E-state index in [1.807, 2.05) is 0 Å². The van der Waals surface area contributed by atoms with Crippen molar-refractivity contribution in [2.75, 3.05) is 6.61 Å². The Morgan fingerprint density at radius 1 is 1.50 bits per heavy atom. The Balaban J connectivity index is 2.68. The van der Waals surface area contributed by atoms with Crippen molar-refractivity contribution >= 4 is 5.97 Å². The zero-order valence-electron chi connectivity index (χ0n) is 8.54. The number of rotatable bonds is 4. The zero-order chi connectivity index (χ0) is 12.3. The molecule has 0 saturated carbocycles. The molecule has 0 radical (unpaired) electrons. The fraction of sp³-hybridized carbons (Fsp3) is 0.300. The van der Waals surface area contributed by atoms with Gasteiger partial charge in [0.15, 0.2) is 11.6 Å². The highest BCUT2D eigenvalue weighted by Crippen LogP contribution is 2.16. The summed E-state index contributed by atoms with van der Waals surface area (Å²) in [5.74, 6) is -3.28. The lowest BCUT2D eigenvalue weighted by atomic mass is 10.1. The van der Waals surface area contributed by atoms with Crippen LogP contribution in [0, 0.1) is 11.6 Å². The van der Waals surface area contributed by atoms with Gasteiger partial charge in [-0.1, -0.05) is 0 Å². The van der Waals surface area contributed by atoms with Crippen molar-refractivity contribution in [1.29, 1.82) is 0 Å². The molecule has 0 bridgehead atoms. The smallest absolute Gasteiger partial charge is 0.326 e. The van der Waals surface area contributed by atoms with E-state index in [2.05, 4.69) is 0 Å². The van der Waals surface area contributed by atoms with Gasteiger partial charge in [0.1, 0.15) is 17.9 Å². The van der Waals surface area contributed by atoms with E-state index in [9.17, 15) is 13.6 Å². The van der Waals surface area contributed by atoms with E-state index in [0.717, 1.165) is 12.1 Å². The first-order valence-electron chi connectivity index (χ1n) is 4.43. The van der Waals surface area contributed by atoms with Gasteiger partial charge in [-0.05, 0) is 19.1 Å². The Labute approximate surface area is 90.6 Å². The summed E-state index contributed by atoms with van der Waals surface area (Å²) in [6.45, 7) is 0.919. The number of carbonyl (C=O) groups is 1. The molecular weight excluding hydrogens is 220 g/mol. The molecule has 0 aliphatic heterocycles. The predicted octanol–water partition coefficient (Wildman–Crippen LogP) is 1.15. The van der Waals surface area contributed by atoms with E-state index in [0.29, 0.717) is 0 Å². The first-order chi connectivity index (χ1) is 7.33. The van der Waals surface area contributed by atoms with Gasteiger partial charge in [-0.15, -0.1) is 0 Å². The molecule has 0 saturated heterocycles. The van der Waals surface area contributed by atoms with Crippen LogP contribution in [0.3, 0.4) is 0 Å². The number of aliphatic carboxylic acids is 1. The van der Waals surface area contributed by atoms with Crippen molar-refractivity contribution in [1.82, 2.24) is 0 Å². The predicted molar refractivity (Wildman–Crippen MR) is 52.1 cm³/mol. The van der Waals surface area contributed by atoms with Crippen molar-refractivity contribution in [3.05, 3.63) is 29.8 Å². The van der Waals surface area contributed by atoms with Crippen LogP contribution < -0.4 is 10.5 Å². The largest absolute Gasteiger partial charge is 0.491 e. The summed E-state index contributed by atoms with van der Waals surface area (Å²) in [5, 5.41) is 8.68. The minimum absolute atomic E-state index is 0.0248.